The SMILES string of the molecule is O=C(O)CCN1CCCC1CCc1ccccc1. The van der Waals surface area contributed by atoms with E-state index in [0.717, 1.165) is 19.4 Å². The lowest BCUT2D eigenvalue weighted by Crippen LogP contribution is -2.31. The summed E-state index contributed by atoms with van der Waals surface area (Å²) in [5, 5.41) is 8.74. The van der Waals surface area contributed by atoms with Gasteiger partial charge in [0.2, 0.25) is 0 Å². The molecule has 1 aromatic carbocycles. The first-order valence-corrected chi connectivity index (χ1v) is 6.75. The molecule has 1 unspecified atom stereocenters. The molecule has 1 atom stereocenters. The molecule has 0 saturated carbocycles. The smallest absolute Gasteiger partial charge is 0.304 e. The average molecular weight is 247 g/mol. The van der Waals surface area contributed by atoms with Gasteiger partial charge in [0.1, 0.15) is 0 Å². The van der Waals surface area contributed by atoms with Crippen LogP contribution in [-0.2, 0) is 11.2 Å². The third kappa shape index (κ3) is 3.84. The van der Waals surface area contributed by atoms with Crippen molar-refractivity contribution in [3.05, 3.63) is 35.9 Å². The molecule has 0 spiro atoms. The molecule has 0 bridgehead atoms. The monoisotopic (exact) mass is 247 g/mol. The Morgan fingerprint density at radius 1 is 1.33 bits per heavy atom. The molecule has 0 amide bonds. The molecular weight excluding hydrogens is 226 g/mol. The highest BCUT2D eigenvalue weighted by Crippen LogP contribution is 2.21. The average Bonchev–Trinajstić information content (AvgIpc) is 2.82. The zero-order chi connectivity index (χ0) is 12.8. The van der Waals surface area contributed by atoms with Crippen molar-refractivity contribution in [3.63, 3.8) is 0 Å². The van der Waals surface area contributed by atoms with Crippen LogP contribution < -0.4 is 0 Å². The number of likely N-dealkylation sites (tertiary alicyclic amines) is 1. The second-order valence-corrected chi connectivity index (χ2v) is 5.00. The fourth-order valence-electron chi connectivity index (χ4n) is 2.73. The number of aliphatic carboxylic acids is 1. The second kappa shape index (κ2) is 6.55. The van der Waals surface area contributed by atoms with Crippen LogP contribution in [0.1, 0.15) is 31.2 Å². The standard InChI is InChI=1S/C15H21NO2/c17-15(18)10-12-16-11-4-7-14(16)9-8-13-5-2-1-3-6-13/h1-3,5-6,14H,4,7-12H2,(H,17,18). The third-order valence-electron chi connectivity index (χ3n) is 3.72. The number of rotatable bonds is 6. The molecule has 1 heterocycles. The highest BCUT2D eigenvalue weighted by Gasteiger charge is 2.24. The van der Waals surface area contributed by atoms with E-state index in [2.05, 4.69) is 29.2 Å². The highest BCUT2D eigenvalue weighted by atomic mass is 16.4. The van der Waals surface area contributed by atoms with Crippen molar-refractivity contribution in [1.82, 2.24) is 4.90 Å². The molecule has 0 radical (unpaired) electrons. The first-order valence-electron chi connectivity index (χ1n) is 6.75. The lowest BCUT2D eigenvalue weighted by atomic mass is 10.0. The largest absolute Gasteiger partial charge is 0.481 e. The minimum Gasteiger partial charge on any atom is -0.481 e. The zero-order valence-electron chi connectivity index (χ0n) is 10.7. The van der Waals surface area contributed by atoms with E-state index in [4.69, 9.17) is 5.11 Å². The quantitative estimate of drug-likeness (QED) is 0.840. The van der Waals surface area contributed by atoms with Crippen molar-refractivity contribution >= 4 is 5.97 Å². The summed E-state index contributed by atoms with van der Waals surface area (Å²) in [7, 11) is 0. The predicted octanol–water partition coefficient (Wildman–Crippen LogP) is 2.56. The second-order valence-electron chi connectivity index (χ2n) is 5.00. The van der Waals surface area contributed by atoms with Gasteiger partial charge in [0.25, 0.3) is 0 Å². The lowest BCUT2D eigenvalue weighted by molar-refractivity contribution is -0.137. The molecule has 1 N–H and O–H groups in total. The van der Waals surface area contributed by atoms with E-state index in [1.807, 2.05) is 6.07 Å². The van der Waals surface area contributed by atoms with E-state index >= 15 is 0 Å². The summed E-state index contributed by atoms with van der Waals surface area (Å²) in [5.74, 6) is -0.691. The number of nitrogens with zero attached hydrogens (tertiary/aromatic N) is 1. The zero-order valence-corrected chi connectivity index (χ0v) is 10.7. The maximum absolute atomic E-state index is 10.6. The molecule has 2 rings (SSSR count). The first kappa shape index (κ1) is 13.1. The molecule has 1 aromatic rings. The lowest BCUT2D eigenvalue weighted by Gasteiger charge is -2.23. The first-order chi connectivity index (χ1) is 8.75. The van der Waals surface area contributed by atoms with E-state index in [1.165, 1.54) is 18.4 Å². The molecule has 1 fully saturated rings. The number of carboxylic acids is 1. The molecule has 0 aliphatic carbocycles. The van der Waals surface area contributed by atoms with Gasteiger partial charge in [0, 0.05) is 12.6 Å². The minimum absolute atomic E-state index is 0.266. The number of benzene rings is 1. The van der Waals surface area contributed by atoms with Gasteiger partial charge in [0.05, 0.1) is 6.42 Å². The van der Waals surface area contributed by atoms with Gasteiger partial charge in [-0.3, -0.25) is 9.69 Å². The summed E-state index contributed by atoms with van der Waals surface area (Å²) in [4.78, 5) is 13.0. The van der Waals surface area contributed by atoms with Gasteiger partial charge in [0.15, 0.2) is 0 Å². The fourth-order valence-corrected chi connectivity index (χ4v) is 2.73. The molecule has 0 aromatic heterocycles. The molecular formula is C15H21NO2. The van der Waals surface area contributed by atoms with Crippen molar-refractivity contribution < 1.29 is 9.90 Å². The molecule has 1 aliphatic rings. The number of carboxylic acid groups (broad SMARTS) is 1. The number of carbonyl (C=O) groups is 1. The predicted molar refractivity (Wildman–Crippen MR) is 71.6 cm³/mol. The van der Waals surface area contributed by atoms with Crippen LogP contribution in [0.3, 0.4) is 0 Å². The Morgan fingerprint density at radius 2 is 2.11 bits per heavy atom. The van der Waals surface area contributed by atoms with Crippen molar-refractivity contribution in [2.24, 2.45) is 0 Å². The van der Waals surface area contributed by atoms with Crippen molar-refractivity contribution in [3.8, 4) is 0 Å². The van der Waals surface area contributed by atoms with E-state index in [-0.39, 0.29) is 6.42 Å². The summed E-state index contributed by atoms with van der Waals surface area (Å²) in [6.07, 6.45) is 4.92. The molecule has 1 aliphatic heterocycles. The molecule has 18 heavy (non-hydrogen) atoms. The summed E-state index contributed by atoms with van der Waals surface area (Å²) in [6.45, 7) is 1.77. The van der Waals surface area contributed by atoms with Crippen LogP contribution in [0.15, 0.2) is 30.3 Å². The van der Waals surface area contributed by atoms with Gasteiger partial charge < -0.3 is 5.11 Å². The Kier molecular flexibility index (Phi) is 4.76. The topological polar surface area (TPSA) is 40.5 Å². The van der Waals surface area contributed by atoms with Crippen LogP contribution in [0, 0.1) is 0 Å². The van der Waals surface area contributed by atoms with Crippen LogP contribution in [-0.4, -0.2) is 35.1 Å². The fraction of sp³-hybridized carbons (Fsp3) is 0.533. The van der Waals surface area contributed by atoms with E-state index in [1.54, 1.807) is 0 Å². The minimum atomic E-state index is -0.691. The van der Waals surface area contributed by atoms with Crippen LogP contribution in [0.25, 0.3) is 0 Å². The van der Waals surface area contributed by atoms with E-state index in [9.17, 15) is 4.79 Å². The van der Waals surface area contributed by atoms with Gasteiger partial charge in [-0.05, 0) is 37.8 Å². The van der Waals surface area contributed by atoms with Gasteiger partial charge in [-0.1, -0.05) is 30.3 Å². The maximum atomic E-state index is 10.6. The Bertz CT molecular complexity index is 377. The van der Waals surface area contributed by atoms with Crippen molar-refractivity contribution in [2.75, 3.05) is 13.1 Å². The Balaban J connectivity index is 1.79. The Hall–Kier alpha value is -1.35. The van der Waals surface area contributed by atoms with Gasteiger partial charge >= 0.3 is 5.97 Å². The number of aryl methyl sites for hydroxylation is 1. The highest BCUT2D eigenvalue weighted by molar-refractivity contribution is 5.66. The van der Waals surface area contributed by atoms with Crippen molar-refractivity contribution in [2.45, 2.75) is 38.1 Å². The normalized spacial score (nSPS) is 20.1. The molecule has 1 saturated heterocycles. The summed E-state index contributed by atoms with van der Waals surface area (Å²) >= 11 is 0. The number of hydrogen-bond acceptors (Lipinski definition) is 2. The van der Waals surface area contributed by atoms with Gasteiger partial charge in [-0.25, -0.2) is 0 Å². The summed E-state index contributed by atoms with van der Waals surface area (Å²) < 4.78 is 0. The summed E-state index contributed by atoms with van der Waals surface area (Å²) in [5.41, 5.74) is 1.38. The van der Waals surface area contributed by atoms with Gasteiger partial charge in [-0.15, -0.1) is 0 Å². The maximum Gasteiger partial charge on any atom is 0.304 e. The van der Waals surface area contributed by atoms with Gasteiger partial charge in [-0.2, -0.15) is 0 Å². The van der Waals surface area contributed by atoms with E-state index in [0.29, 0.717) is 12.6 Å². The number of hydrogen-bond donors (Lipinski definition) is 1. The molecule has 98 valence electrons. The van der Waals surface area contributed by atoms with Crippen molar-refractivity contribution in [1.29, 1.82) is 0 Å². The third-order valence-corrected chi connectivity index (χ3v) is 3.72. The van der Waals surface area contributed by atoms with Crippen LogP contribution in [0.4, 0.5) is 0 Å². The van der Waals surface area contributed by atoms with Crippen LogP contribution >= 0.6 is 0 Å². The van der Waals surface area contributed by atoms with E-state index < -0.39 is 5.97 Å². The Labute approximate surface area is 108 Å². The molecule has 3 heteroatoms. The molecule has 3 nitrogen and oxygen atoms in total. The van der Waals surface area contributed by atoms with Crippen LogP contribution in [0.5, 0.6) is 0 Å². The Morgan fingerprint density at radius 3 is 2.83 bits per heavy atom. The van der Waals surface area contributed by atoms with Crippen LogP contribution in [0.2, 0.25) is 0 Å². The summed E-state index contributed by atoms with van der Waals surface area (Å²) in [6, 6.07) is 11.1.